The van der Waals surface area contributed by atoms with E-state index in [1.807, 2.05) is 0 Å². The Balaban J connectivity index is 2.76. The molecule has 1 amide bonds. The molecule has 0 saturated carbocycles. The smallest absolute Gasteiger partial charge is 0.407 e. The number of hydrogen-bond donors (Lipinski definition) is 1. The molecule has 0 saturated heterocycles. The summed E-state index contributed by atoms with van der Waals surface area (Å²) in [5, 5.41) is 8.74. The summed E-state index contributed by atoms with van der Waals surface area (Å²) < 4.78 is 42.4. The van der Waals surface area contributed by atoms with Gasteiger partial charge < -0.3 is 9.84 Å². The average Bonchev–Trinajstić information content (AvgIpc) is 2.30. The van der Waals surface area contributed by atoms with Gasteiger partial charge in [0.05, 0.1) is 6.54 Å². The number of alkyl halides is 2. The van der Waals surface area contributed by atoms with Gasteiger partial charge in [-0.1, -0.05) is 15.9 Å². The lowest BCUT2D eigenvalue weighted by Crippen LogP contribution is -2.38. The molecule has 0 spiro atoms. The summed E-state index contributed by atoms with van der Waals surface area (Å²) in [5.41, 5.74) is 0. The van der Waals surface area contributed by atoms with Crippen molar-refractivity contribution in [3.05, 3.63) is 28.5 Å². The van der Waals surface area contributed by atoms with E-state index >= 15 is 0 Å². The lowest BCUT2D eigenvalue weighted by Gasteiger charge is -2.18. The zero-order valence-corrected chi connectivity index (χ0v) is 10.5. The molecule has 18 heavy (non-hydrogen) atoms. The summed E-state index contributed by atoms with van der Waals surface area (Å²) >= 11 is 3.04. The molecule has 0 heterocycles. The van der Waals surface area contributed by atoms with Crippen LogP contribution in [0.25, 0.3) is 0 Å². The largest absolute Gasteiger partial charge is 0.417 e. The minimum absolute atomic E-state index is 0.352. The average molecular weight is 328 g/mol. The Morgan fingerprint density at radius 2 is 2.17 bits per heavy atom. The lowest BCUT2D eigenvalue weighted by molar-refractivity contribution is 0.0416. The number of benzene rings is 1. The zero-order valence-electron chi connectivity index (χ0n) is 8.95. The standard InChI is InChI=1S/C10H9BrF3NO3/c11-6-1-2-7(12)8(3-6)18-10(17)15(5-16)4-9(13)14/h1-3,9,16H,4-5H2. The number of nitrogens with zero attached hydrogens (tertiary/aromatic N) is 1. The highest BCUT2D eigenvalue weighted by Gasteiger charge is 2.20. The van der Waals surface area contributed by atoms with E-state index in [9.17, 15) is 18.0 Å². The second kappa shape index (κ2) is 6.60. The fourth-order valence-electron chi connectivity index (χ4n) is 1.07. The van der Waals surface area contributed by atoms with Gasteiger partial charge in [0.1, 0.15) is 6.73 Å². The number of aliphatic hydroxyl groups is 1. The van der Waals surface area contributed by atoms with Crippen LogP contribution in [-0.2, 0) is 0 Å². The molecular formula is C10H9BrF3NO3. The van der Waals surface area contributed by atoms with Gasteiger partial charge >= 0.3 is 6.09 Å². The first-order valence-electron chi connectivity index (χ1n) is 4.75. The number of amides is 1. The molecule has 4 nitrogen and oxygen atoms in total. The van der Waals surface area contributed by atoms with Crippen molar-refractivity contribution in [3.63, 3.8) is 0 Å². The minimum Gasteiger partial charge on any atom is -0.407 e. The SMILES string of the molecule is O=C(Oc1cc(Br)ccc1F)N(CO)CC(F)F. The van der Waals surface area contributed by atoms with Crippen LogP contribution in [0.1, 0.15) is 0 Å². The number of hydrogen-bond acceptors (Lipinski definition) is 3. The number of aliphatic hydroxyl groups excluding tert-OH is 1. The summed E-state index contributed by atoms with van der Waals surface area (Å²) in [6, 6.07) is 3.60. The third kappa shape index (κ3) is 4.19. The predicted octanol–water partition coefficient (Wildman–Crippen LogP) is 2.60. The molecule has 1 N–H and O–H groups in total. The van der Waals surface area contributed by atoms with Gasteiger partial charge in [-0.3, -0.25) is 4.90 Å². The number of carbonyl (C=O) groups excluding carboxylic acids is 1. The summed E-state index contributed by atoms with van der Waals surface area (Å²) in [6.45, 7) is -1.94. The Kier molecular flexibility index (Phi) is 5.42. The highest BCUT2D eigenvalue weighted by atomic mass is 79.9. The third-order valence-electron chi connectivity index (χ3n) is 1.88. The molecule has 0 aromatic heterocycles. The van der Waals surface area contributed by atoms with Crippen molar-refractivity contribution in [3.8, 4) is 5.75 Å². The van der Waals surface area contributed by atoms with Crippen molar-refractivity contribution >= 4 is 22.0 Å². The fourth-order valence-corrected chi connectivity index (χ4v) is 1.41. The summed E-state index contributed by atoms with van der Waals surface area (Å²) in [7, 11) is 0. The first-order chi connectivity index (χ1) is 8.43. The van der Waals surface area contributed by atoms with Gasteiger partial charge in [0.25, 0.3) is 6.43 Å². The maximum absolute atomic E-state index is 13.2. The highest BCUT2D eigenvalue weighted by Crippen LogP contribution is 2.22. The first-order valence-corrected chi connectivity index (χ1v) is 5.54. The third-order valence-corrected chi connectivity index (χ3v) is 2.37. The molecule has 0 aliphatic carbocycles. The van der Waals surface area contributed by atoms with E-state index < -0.39 is 37.4 Å². The Labute approximate surface area is 109 Å². The molecule has 1 aromatic carbocycles. The maximum Gasteiger partial charge on any atom is 0.417 e. The molecular weight excluding hydrogens is 319 g/mol. The van der Waals surface area contributed by atoms with Crippen LogP contribution in [0.15, 0.2) is 22.7 Å². The molecule has 0 unspecified atom stereocenters. The van der Waals surface area contributed by atoms with Gasteiger partial charge in [0.15, 0.2) is 11.6 Å². The quantitative estimate of drug-likeness (QED) is 0.865. The lowest BCUT2D eigenvalue weighted by atomic mass is 10.3. The monoisotopic (exact) mass is 327 g/mol. The van der Waals surface area contributed by atoms with Gasteiger partial charge in [-0.25, -0.2) is 18.0 Å². The van der Waals surface area contributed by atoms with Gasteiger partial charge in [-0.2, -0.15) is 0 Å². The Hall–Kier alpha value is -1.28. The Bertz CT molecular complexity index is 431. The van der Waals surface area contributed by atoms with Crippen LogP contribution in [0.2, 0.25) is 0 Å². The number of carbonyl (C=O) groups is 1. The van der Waals surface area contributed by atoms with Gasteiger partial charge in [-0.15, -0.1) is 0 Å². The topological polar surface area (TPSA) is 49.8 Å². The zero-order chi connectivity index (χ0) is 13.7. The van der Waals surface area contributed by atoms with E-state index in [2.05, 4.69) is 20.7 Å². The number of halogens is 4. The van der Waals surface area contributed by atoms with Crippen LogP contribution in [-0.4, -0.2) is 35.8 Å². The van der Waals surface area contributed by atoms with Crippen LogP contribution < -0.4 is 4.74 Å². The highest BCUT2D eigenvalue weighted by molar-refractivity contribution is 9.10. The molecule has 0 radical (unpaired) electrons. The molecule has 100 valence electrons. The Morgan fingerprint density at radius 3 is 2.72 bits per heavy atom. The van der Waals surface area contributed by atoms with E-state index in [0.29, 0.717) is 9.37 Å². The van der Waals surface area contributed by atoms with Crippen molar-refractivity contribution in [2.24, 2.45) is 0 Å². The van der Waals surface area contributed by atoms with Crippen LogP contribution in [0.3, 0.4) is 0 Å². The predicted molar refractivity (Wildman–Crippen MR) is 59.9 cm³/mol. The molecule has 1 rings (SSSR count). The Morgan fingerprint density at radius 1 is 1.50 bits per heavy atom. The summed E-state index contributed by atoms with van der Waals surface area (Å²) in [5.74, 6) is -1.23. The maximum atomic E-state index is 13.2. The molecule has 0 atom stereocenters. The van der Waals surface area contributed by atoms with Gasteiger partial charge in [0.2, 0.25) is 0 Å². The molecule has 1 aromatic rings. The molecule has 0 aliphatic rings. The van der Waals surface area contributed by atoms with E-state index in [-0.39, 0.29) is 0 Å². The fraction of sp³-hybridized carbons (Fsp3) is 0.300. The van der Waals surface area contributed by atoms with Crippen LogP contribution in [0, 0.1) is 5.82 Å². The van der Waals surface area contributed by atoms with E-state index in [1.165, 1.54) is 12.1 Å². The molecule has 0 fully saturated rings. The van der Waals surface area contributed by atoms with Crippen molar-refractivity contribution in [2.75, 3.05) is 13.3 Å². The van der Waals surface area contributed by atoms with E-state index in [1.54, 1.807) is 0 Å². The second-order valence-electron chi connectivity index (χ2n) is 3.20. The van der Waals surface area contributed by atoms with E-state index in [4.69, 9.17) is 5.11 Å². The van der Waals surface area contributed by atoms with Crippen LogP contribution in [0.5, 0.6) is 5.75 Å². The molecule has 0 bridgehead atoms. The normalized spacial score (nSPS) is 10.6. The molecule has 0 aliphatic heterocycles. The summed E-state index contributed by atoms with van der Waals surface area (Å²) in [6.07, 6.45) is -4.08. The van der Waals surface area contributed by atoms with E-state index in [0.717, 1.165) is 6.07 Å². The summed E-state index contributed by atoms with van der Waals surface area (Å²) in [4.78, 5) is 11.7. The van der Waals surface area contributed by atoms with Crippen molar-refractivity contribution in [1.29, 1.82) is 0 Å². The second-order valence-corrected chi connectivity index (χ2v) is 4.11. The number of ether oxygens (including phenoxy) is 1. The van der Waals surface area contributed by atoms with Crippen molar-refractivity contribution in [2.45, 2.75) is 6.43 Å². The van der Waals surface area contributed by atoms with Gasteiger partial charge in [0, 0.05) is 4.47 Å². The minimum atomic E-state index is -2.82. The first kappa shape index (κ1) is 14.8. The van der Waals surface area contributed by atoms with Crippen LogP contribution in [0.4, 0.5) is 18.0 Å². The molecule has 8 heteroatoms. The van der Waals surface area contributed by atoms with Crippen LogP contribution >= 0.6 is 15.9 Å². The van der Waals surface area contributed by atoms with Gasteiger partial charge in [-0.05, 0) is 18.2 Å². The number of rotatable bonds is 4. The van der Waals surface area contributed by atoms with Crippen molar-refractivity contribution in [1.82, 2.24) is 4.90 Å². The van der Waals surface area contributed by atoms with Crippen molar-refractivity contribution < 1.29 is 27.8 Å².